The summed E-state index contributed by atoms with van der Waals surface area (Å²) in [5.41, 5.74) is 2.23. The Morgan fingerprint density at radius 3 is 3.00 bits per heavy atom. The van der Waals surface area contributed by atoms with Crippen LogP contribution in [0, 0.1) is 0 Å². The quantitative estimate of drug-likeness (QED) is 0.886. The van der Waals surface area contributed by atoms with Gasteiger partial charge in [0.1, 0.15) is 0 Å². The molecule has 90 valence electrons. The molecule has 17 heavy (non-hydrogen) atoms. The predicted molar refractivity (Wildman–Crippen MR) is 68.1 cm³/mol. The van der Waals surface area contributed by atoms with Crippen molar-refractivity contribution in [2.24, 2.45) is 0 Å². The molecule has 0 aliphatic rings. The number of hydrogen-bond donors (Lipinski definition) is 1. The van der Waals surface area contributed by atoms with E-state index in [1.165, 1.54) is 0 Å². The fourth-order valence-electron chi connectivity index (χ4n) is 1.85. The van der Waals surface area contributed by atoms with Crippen LogP contribution >= 0.6 is 11.6 Å². The molecule has 0 aromatic carbocycles. The van der Waals surface area contributed by atoms with E-state index in [1.54, 1.807) is 24.9 Å². The molecule has 0 aliphatic carbocycles. The molecule has 0 saturated carbocycles. The monoisotopic (exact) mass is 250 g/mol. The van der Waals surface area contributed by atoms with Crippen LogP contribution in [0.3, 0.4) is 0 Å². The standard InChI is InChI=1S/C13H15ClN2O/c1-2-16-13(7-10-4-6-17-9-10)11-3-5-15-8-12(11)14/h3-6,8-9,13,16H,2,7H2,1H3. The van der Waals surface area contributed by atoms with Crippen molar-refractivity contribution in [3.05, 3.63) is 53.2 Å². The summed E-state index contributed by atoms with van der Waals surface area (Å²) >= 11 is 6.17. The summed E-state index contributed by atoms with van der Waals surface area (Å²) in [5, 5.41) is 4.12. The lowest BCUT2D eigenvalue weighted by Crippen LogP contribution is -2.23. The molecule has 3 nitrogen and oxygen atoms in total. The van der Waals surface area contributed by atoms with Gasteiger partial charge in [0.25, 0.3) is 0 Å². The van der Waals surface area contributed by atoms with Gasteiger partial charge in [-0.2, -0.15) is 0 Å². The first-order valence-electron chi connectivity index (χ1n) is 5.65. The molecule has 4 heteroatoms. The molecule has 1 N–H and O–H groups in total. The Balaban J connectivity index is 2.20. The second-order valence-corrected chi connectivity index (χ2v) is 4.25. The lowest BCUT2D eigenvalue weighted by atomic mass is 10.0. The van der Waals surface area contributed by atoms with Gasteiger partial charge in [0.05, 0.1) is 17.5 Å². The Morgan fingerprint density at radius 2 is 2.35 bits per heavy atom. The van der Waals surface area contributed by atoms with Crippen LogP contribution in [0.15, 0.2) is 41.5 Å². The maximum absolute atomic E-state index is 6.17. The maximum atomic E-state index is 6.17. The highest BCUT2D eigenvalue weighted by atomic mass is 35.5. The van der Waals surface area contributed by atoms with Crippen LogP contribution in [0.25, 0.3) is 0 Å². The van der Waals surface area contributed by atoms with E-state index >= 15 is 0 Å². The third kappa shape index (κ3) is 3.08. The van der Waals surface area contributed by atoms with Gasteiger partial charge in [-0.25, -0.2) is 0 Å². The minimum atomic E-state index is 0.188. The number of pyridine rings is 1. The van der Waals surface area contributed by atoms with Crippen molar-refractivity contribution in [2.45, 2.75) is 19.4 Å². The molecule has 2 aromatic heterocycles. The Morgan fingerprint density at radius 1 is 1.47 bits per heavy atom. The minimum absolute atomic E-state index is 0.188. The molecule has 0 spiro atoms. The number of hydrogen-bond acceptors (Lipinski definition) is 3. The van der Waals surface area contributed by atoms with E-state index in [1.807, 2.05) is 12.1 Å². The summed E-state index contributed by atoms with van der Waals surface area (Å²) in [6.07, 6.45) is 7.75. The molecule has 0 aliphatic heterocycles. The summed E-state index contributed by atoms with van der Waals surface area (Å²) < 4.78 is 5.09. The number of aromatic nitrogens is 1. The Labute approximate surface area is 106 Å². The summed E-state index contributed by atoms with van der Waals surface area (Å²) in [6.45, 7) is 2.97. The van der Waals surface area contributed by atoms with E-state index in [9.17, 15) is 0 Å². The highest BCUT2D eigenvalue weighted by molar-refractivity contribution is 6.31. The molecule has 0 bridgehead atoms. The zero-order chi connectivity index (χ0) is 12.1. The molecule has 0 saturated heterocycles. The van der Waals surface area contributed by atoms with Gasteiger partial charge in [0.2, 0.25) is 0 Å². The molecule has 2 heterocycles. The van der Waals surface area contributed by atoms with Gasteiger partial charge in [-0.3, -0.25) is 4.98 Å². The Bertz CT molecular complexity index is 456. The predicted octanol–water partition coefficient (Wildman–Crippen LogP) is 3.22. The van der Waals surface area contributed by atoms with Crippen LogP contribution in [0.2, 0.25) is 5.02 Å². The molecule has 1 atom stereocenters. The molecular formula is C13H15ClN2O. The lowest BCUT2D eigenvalue weighted by molar-refractivity contribution is 0.534. The van der Waals surface area contributed by atoms with Gasteiger partial charge >= 0.3 is 0 Å². The number of rotatable bonds is 5. The third-order valence-corrected chi connectivity index (χ3v) is 2.97. The topological polar surface area (TPSA) is 38.1 Å². The van der Waals surface area contributed by atoms with Crippen molar-refractivity contribution in [1.82, 2.24) is 10.3 Å². The highest BCUT2D eigenvalue weighted by Crippen LogP contribution is 2.24. The maximum Gasteiger partial charge on any atom is 0.0935 e. The first-order chi connectivity index (χ1) is 8.31. The van der Waals surface area contributed by atoms with Crippen molar-refractivity contribution >= 4 is 11.6 Å². The smallest absolute Gasteiger partial charge is 0.0935 e. The van der Waals surface area contributed by atoms with Crippen LogP contribution in [-0.2, 0) is 6.42 Å². The van der Waals surface area contributed by atoms with Gasteiger partial charge in [-0.15, -0.1) is 0 Å². The molecular weight excluding hydrogens is 236 g/mol. The number of likely N-dealkylation sites (N-methyl/N-ethyl adjacent to an activating group) is 1. The van der Waals surface area contributed by atoms with Gasteiger partial charge in [-0.05, 0) is 36.2 Å². The van der Waals surface area contributed by atoms with E-state index < -0.39 is 0 Å². The van der Waals surface area contributed by atoms with E-state index in [4.69, 9.17) is 16.0 Å². The second-order valence-electron chi connectivity index (χ2n) is 3.84. The largest absolute Gasteiger partial charge is 0.472 e. The van der Waals surface area contributed by atoms with Gasteiger partial charge in [-0.1, -0.05) is 18.5 Å². The van der Waals surface area contributed by atoms with Gasteiger partial charge < -0.3 is 9.73 Å². The van der Waals surface area contributed by atoms with Gasteiger partial charge in [0.15, 0.2) is 0 Å². The van der Waals surface area contributed by atoms with E-state index in [0.717, 1.165) is 24.1 Å². The highest BCUT2D eigenvalue weighted by Gasteiger charge is 2.14. The van der Waals surface area contributed by atoms with Crippen molar-refractivity contribution in [3.8, 4) is 0 Å². The fourth-order valence-corrected chi connectivity index (χ4v) is 2.10. The Kier molecular flexibility index (Phi) is 4.18. The molecule has 0 fully saturated rings. The van der Waals surface area contributed by atoms with Crippen LogP contribution < -0.4 is 5.32 Å². The third-order valence-electron chi connectivity index (χ3n) is 2.65. The van der Waals surface area contributed by atoms with E-state index in [0.29, 0.717) is 5.02 Å². The molecule has 0 radical (unpaired) electrons. The summed E-state index contributed by atoms with van der Waals surface area (Å²) in [6, 6.07) is 4.11. The number of nitrogens with one attached hydrogen (secondary N) is 1. The first kappa shape index (κ1) is 12.1. The second kappa shape index (κ2) is 5.84. The first-order valence-corrected chi connectivity index (χ1v) is 6.03. The Hall–Kier alpha value is -1.32. The summed E-state index contributed by atoms with van der Waals surface area (Å²) in [5.74, 6) is 0. The molecule has 0 amide bonds. The zero-order valence-electron chi connectivity index (χ0n) is 9.69. The van der Waals surface area contributed by atoms with E-state index in [2.05, 4.69) is 17.2 Å². The zero-order valence-corrected chi connectivity index (χ0v) is 10.4. The average molecular weight is 251 g/mol. The summed E-state index contributed by atoms with van der Waals surface area (Å²) in [7, 11) is 0. The minimum Gasteiger partial charge on any atom is -0.472 e. The molecule has 2 rings (SSSR count). The van der Waals surface area contributed by atoms with Crippen LogP contribution in [0.5, 0.6) is 0 Å². The average Bonchev–Trinajstić information content (AvgIpc) is 2.82. The number of nitrogens with zero attached hydrogens (tertiary/aromatic N) is 1. The van der Waals surface area contributed by atoms with Crippen molar-refractivity contribution in [1.29, 1.82) is 0 Å². The van der Waals surface area contributed by atoms with Gasteiger partial charge in [0, 0.05) is 18.4 Å². The van der Waals surface area contributed by atoms with Crippen molar-refractivity contribution in [3.63, 3.8) is 0 Å². The van der Waals surface area contributed by atoms with Crippen molar-refractivity contribution < 1.29 is 4.42 Å². The van der Waals surface area contributed by atoms with Crippen LogP contribution in [0.4, 0.5) is 0 Å². The fraction of sp³-hybridized carbons (Fsp3) is 0.308. The van der Waals surface area contributed by atoms with Crippen LogP contribution in [-0.4, -0.2) is 11.5 Å². The lowest BCUT2D eigenvalue weighted by Gasteiger charge is -2.18. The molecule has 2 aromatic rings. The van der Waals surface area contributed by atoms with Crippen LogP contribution in [0.1, 0.15) is 24.1 Å². The normalized spacial score (nSPS) is 12.6. The van der Waals surface area contributed by atoms with Crippen molar-refractivity contribution in [2.75, 3.05) is 6.54 Å². The SMILES string of the molecule is CCNC(Cc1ccoc1)c1ccncc1Cl. The number of furan rings is 1. The van der Waals surface area contributed by atoms with E-state index in [-0.39, 0.29) is 6.04 Å². The number of halogens is 1. The molecule has 1 unspecified atom stereocenters. The summed E-state index contributed by atoms with van der Waals surface area (Å²) in [4.78, 5) is 4.01.